The minimum Gasteiger partial charge on any atom is -0.463 e. The van der Waals surface area contributed by atoms with Crippen LogP contribution in [0.2, 0.25) is 10.2 Å². The molecule has 0 saturated heterocycles. The maximum atomic E-state index is 6.44. The topological polar surface area (TPSA) is 65.2 Å². The first-order chi connectivity index (χ1) is 14.2. The Kier molecular flexibility index (Phi) is 6.11. The van der Waals surface area contributed by atoms with Crippen LogP contribution in [0, 0.1) is 0 Å². The molecule has 0 bridgehead atoms. The zero-order chi connectivity index (χ0) is 20.2. The predicted molar refractivity (Wildman–Crippen MR) is 115 cm³/mol. The Bertz CT molecular complexity index is 1050. The largest absolute Gasteiger partial charge is 0.463 e. The molecule has 150 valence electrons. The van der Waals surface area contributed by atoms with Crippen LogP contribution in [0.15, 0.2) is 41.4 Å². The lowest BCUT2D eigenvalue weighted by atomic mass is 10.1. The average molecular weight is 430 g/mol. The Morgan fingerprint density at radius 3 is 2.72 bits per heavy atom. The Morgan fingerprint density at radius 2 is 1.90 bits per heavy atom. The van der Waals surface area contributed by atoms with Gasteiger partial charge in [-0.3, -0.25) is 4.99 Å². The van der Waals surface area contributed by atoms with Crippen molar-refractivity contribution in [3.8, 4) is 11.7 Å². The summed E-state index contributed by atoms with van der Waals surface area (Å²) in [5.74, 6) is 0.681. The van der Waals surface area contributed by atoms with Crippen molar-refractivity contribution in [2.24, 2.45) is 4.99 Å². The van der Waals surface area contributed by atoms with E-state index in [-0.39, 0.29) is 0 Å². The Balaban J connectivity index is 1.73. The molecule has 2 aromatic heterocycles. The van der Waals surface area contributed by atoms with Gasteiger partial charge in [0.25, 0.3) is 0 Å². The molecular formula is C21H21Cl2N5O. The van der Waals surface area contributed by atoms with E-state index < -0.39 is 0 Å². The van der Waals surface area contributed by atoms with Crippen LogP contribution < -0.4 is 4.74 Å². The summed E-state index contributed by atoms with van der Waals surface area (Å²) in [6, 6.07) is 11.6. The van der Waals surface area contributed by atoms with Gasteiger partial charge in [0.2, 0.25) is 0 Å². The zero-order valence-electron chi connectivity index (χ0n) is 16.1. The predicted octanol–water partition coefficient (Wildman–Crippen LogP) is 5.28. The highest BCUT2D eigenvalue weighted by Gasteiger charge is 2.26. The van der Waals surface area contributed by atoms with Gasteiger partial charge in [0.1, 0.15) is 17.4 Å². The van der Waals surface area contributed by atoms with Crippen LogP contribution in [0.1, 0.15) is 49.7 Å². The number of nitrogens with zero attached hydrogens (tertiary/aromatic N) is 5. The third-order valence-electron chi connectivity index (χ3n) is 4.74. The van der Waals surface area contributed by atoms with E-state index >= 15 is 0 Å². The standard InChI is InChI=1S/C21H21Cl2N5O/c1-2-3-4-7-12-29-21-27-26-18-13-24-19(14-8-5-6-9-15(14)22)20-16(28(18)21)10-11-17(23)25-20/h5-6,8-11H,2-4,7,12-13H2,1H3. The van der Waals surface area contributed by atoms with Crippen molar-refractivity contribution >= 4 is 28.9 Å². The molecule has 0 unspecified atom stereocenters. The molecule has 0 aliphatic carbocycles. The third kappa shape index (κ3) is 4.14. The molecule has 4 rings (SSSR count). The number of fused-ring (bicyclic) bond motifs is 3. The minimum atomic E-state index is 0.334. The van der Waals surface area contributed by atoms with E-state index in [0.29, 0.717) is 46.6 Å². The monoisotopic (exact) mass is 429 g/mol. The maximum absolute atomic E-state index is 6.44. The van der Waals surface area contributed by atoms with Crippen molar-refractivity contribution in [1.82, 2.24) is 19.7 Å². The smallest absolute Gasteiger partial charge is 0.321 e. The van der Waals surface area contributed by atoms with Crippen molar-refractivity contribution < 1.29 is 4.74 Å². The number of benzene rings is 1. The fourth-order valence-electron chi connectivity index (χ4n) is 3.30. The molecule has 29 heavy (non-hydrogen) atoms. The molecule has 3 aromatic rings. The van der Waals surface area contributed by atoms with Crippen LogP contribution in [0.5, 0.6) is 6.01 Å². The fourth-order valence-corrected chi connectivity index (χ4v) is 3.68. The van der Waals surface area contributed by atoms with Gasteiger partial charge in [-0.15, -0.1) is 5.10 Å². The number of rotatable bonds is 7. The third-order valence-corrected chi connectivity index (χ3v) is 5.28. The second-order valence-corrected chi connectivity index (χ2v) is 7.58. The highest BCUT2D eigenvalue weighted by molar-refractivity contribution is 6.35. The number of ether oxygens (including phenoxy) is 1. The molecule has 0 N–H and O–H groups in total. The number of halogens is 2. The average Bonchev–Trinajstić information content (AvgIpc) is 3.04. The van der Waals surface area contributed by atoms with Gasteiger partial charge in [0.05, 0.1) is 23.0 Å². The Morgan fingerprint density at radius 1 is 1.03 bits per heavy atom. The first kappa shape index (κ1) is 19.9. The summed E-state index contributed by atoms with van der Waals surface area (Å²) >= 11 is 12.7. The van der Waals surface area contributed by atoms with Gasteiger partial charge in [0, 0.05) is 5.56 Å². The summed E-state index contributed by atoms with van der Waals surface area (Å²) in [6.07, 6.45) is 4.48. The lowest BCUT2D eigenvalue weighted by Gasteiger charge is -2.13. The number of hydrogen-bond donors (Lipinski definition) is 0. The maximum Gasteiger partial charge on any atom is 0.321 e. The van der Waals surface area contributed by atoms with Gasteiger partial charge < -0.3 is 4.74 Å². The number of unbranched alkanes of at least 4 members (excludes halogenated alkanes) is 3. The fraction of sp³-hybridized carbons (Fsp3) is 0.333. The second-order valence-electron chi connectivity index (χ2n) is 6.79. The van der Waals surface area contributed by atoms with Crippen LogP contribution in [-0.4, -0.2) is 32.1 Å². The lowest BCUT2D eigenvalue weighted by molar-refractivity contribution is 0.276. The summed E-state index contributed by atoms with van der Waals surface area (Å²) in [7, 11) is 0. The molecule has 6 nitrogen and oxygen atoms in total. The van der Waals surface area contributed by atoms with Gasteiger partial charge >= 0.3 is 6.01 Å². The number of aromatic nitrogens is 4. The van der Waals surface area contributed by atoms with Gasteiger partial charge in [-0.2, -0.15) is 0 Å². The normalized spacial score (nSPS) is 12.7. The Labute approximate surface area is 179 Å². The summed E-state index contributed by atoms with van der Waals surface area (Å²) < 4.78 is 7.82. The molecule has 1 aliphatic rings. The second kappa shape index (κ2) is 8.93. The Hall–Kier alpha value is -2.44. The SMILES string of the molecule is CCCCCCOc1nnc2n1-c1ccc(Cl)nc1C(c1ccccc1Cl)=NC2. The molecular weight excluding hydrogens is 409 g/mol. The molecule has 0 fully saturated rings. The van der Waals surface area contributed by atoms with Crippen LogP contribution in [0.25, 0.3) is 5.69 Å². The van der Waals surface area contributed by atoms with E-state index in [1.54, 1.807) is 6.07 Å². The molecule has 1 aromatic carbocycles. The quantitative estimate of drug-likeness (QED) is 0.378. The van der Waals surface area contributed by atoms with Gasteiger partial charge in [-0.25, -0.2) is 9.55 Å². The van der Waals surface area contributed by atoms with E-state index in [1.165, 1.54) is 12.8 Å². The van der Waals surface area contributed by atoms with Crippen LogP contribution >= 0.6 is 23.2 Å². The van der Waals surface area contributed by atoms with Crippen LogP contribution in [-0.2, 0) is 6.54 Å². The van der Waals surface area contributed by atoms with E-state index in [0.717, 1.165) is 24.1 Å². The molecule has 1 aliphatic heterocycles. The minimum absolute atomic E-state index is 0.334. The summed E-state index contributed by atoms with van der Waals surface area (Å²) in [5, 5.41) is 9.50. The first-order valence-corrected chi connectivity index (χ1v) is 10.5. The zero-order valence-corrected chi connectivity index (χ0v) is 17.6. The van der Waals surface area contributed by atoms with Crippen molar-refractivity contribution in [2.75, 3.05) is 6.61 Å². The van der Waals surface area contributed by atoms with Crippen LogP contribution in [0.4, 0.5) is 0 Å². The number of pyridine rings is 1. The van der Waals surface area contributed by atoms with Crippen molar-refractivity contribution in [2.45, 2.75) is 39.2 Å². The molecule has 0 radical (unpaired) electrons. The van der Waals surface area contributed by atoms with Gasteiger partial charge in [-0.1, -0.05) is 72.7 Å². The van der Waals surface area contributed by atoms with E-state index in [2.05, 4.69) is 22.1 Å². The highest BCUT2D eigenvalue weighted by atomic mass is 35.5. The molecule has 0 saturated carbocycles. The molecule has 0 spiro atoms. The first-order valence-electron chi connectivity index (χ1n) is 9.72. The van der Waals surface area contributed by atoms with Crippen molar-refractivity contribution in [3.63, 3.8) is 0 Å². The summed E-state index contributed by atoms with van der Waals surface area (Å²) in [6.45, 7) is 3.11. The highest BCUT2D eigenvalue weighted by Crippen LogP contribution is 2.30. The number of aliphatic imine (C=N–C) groups is 1. The van der Waals surface area contributed by atoms with E-state index in [1.807, 2.05) is 34.9 Å². The van der Waals surface area contributed by atoms with E-state index in [4.69, 9.17) is 32.9 Å². The number of hydrogen-bond acceptors (Lipinski definition) is 5. The summed E-state index contributed by atoms with van der Waals surface area (Å²) in [5.41, 5.74) is 2.87. The molecule has 3 heterocycles. The molecule has 0 amide bonds. The van der Waals surface area contributed by atoms with Gasteiger partial charge in [-0.05, 0) is 24.6 Å². The lowest BCUT2D eigenvalue weighted by Crippen LogP contribution is -2.12. The molecule has 8 heteroatoms. The summed E-state index contributed by atoms with van der Waals surface area (Å²) in [4.78, 5) is 9.30. The van der Waals surface area contributed by atoms with Crippen molar-refractivity contribution in [3.05, 3.63) is 63.7 Å². The van der Waals surface area contributed by atoms with E-state index in [9.17, 15) is 0 Å². The molecule has 0 atom stereocenters. The van der Waals surface area contributed by atoms with Crippen molar-refractivity contribution in [1.29, 1.82) is 0 Å². The van der Waals surface area contributed by atoms with Gasteiger partial charge in [0.15, 0.2) is 5.82 Å². The van der Waals surface area contributed by atoms with Crippen LogP contribution in [0.3, 0.4) is 0 Å².